The number of methoxy groups -OCH3 is 1. The van der Waals surface area contributed by atoms with Gasteiger partial charge in [0, 0.05) is 12.0 Å². The number of benzene rings is 1. The Labute approximate surface area is 82.6 Å². The Bertz CT molecular complexity index is 371. The quantitative estimate of drug-likeness (QED) is 0.636. The molecule has 1 aliphatic rings. The Morgan fingerprint density at radius 2 is 2.29 bits per heavy atom. The molecule has 0 saturated heterocycles. The standard InChI is InChI=1S/C11H12O3/c1-7-6-9-8(11(12)14-7)4-3-5-10(9)13-2/h3-5,7H,6H2,1-2H3. The summed E-state index contributed by atoms with van der Waals surface area (Å²) in [6, 6.07) is 5.44. The van der Waals surface area contributed by atoms with E-state index in [2.05, 4.69) is 0 Å². The number of rotatable bonds is 1. The van der Waals surface area contributed by atoms with E-state index >= 15 is 0 Å². The van der Waals surface area contributed by atoms with Gasteiger partial charge in [-0.25, -0.2) is 4.79 Å². The maximum Gasteiger partial charge on any atom is 0.338 e. The number of ether oxygens (including phenoxy) is 2. The number of cyclic esters (lactones) is 1. The first-order valence-electron chi connectivity index (χ1n) is 4.59. The van der Waals surface area contributed by atoms with Crippen molar-refractivity contribution in [1.82, 2.24) is 0 Å². The van der Waals surface area contributed by atoms with Crippen molar-refractivity contribution in [3.05, 3.63) is 29.3 Å². The van der Waals surface area contributed by atoms with Crippen LogP contribution in [0.2, 0.25) is 0 Å². The first-order valence-corrected chi connectivity index (χ1v) is 4.59. The summed E-state index contributed by atoms with van der Waals surface area (Å²) in [7, 11) is 1.61. The molecule has 0 amide bonds. The molecule has 0 spiro atoms. The van der Waals surface area contributed by atoms with Gasteiger partial charge in [-0.2, -0.15) is 0 Å². The van der Waals surface area contributed by atoms with Crippen LogP contribution in [0, 0.1) is 0 Å². The fourth-order valence-corrected chi connectivity index (χ4v) is 1.73. The molecule has 0 aliphatic carbocycles. The number of hydrogen-bond acceptors (Lipinski definition) is 3. The van der Waals surface area contributed by atoms with Crippen molar-refractivity contribution in [2.45, 2.75) is 19.4 Å². The van der Waals surface area contributed by atoms with Crippen LogP contribution in [0.15, 0.2) is 18.2 Å². The van der Waals surface area contributed by atoms with Gasteiger partial charge in [-0.3, -0.25) is 0 Å². The van der Waals surface area contributed by atoms with E-state index in [0.717, 1.165) is 17.7 Å². The Morgan fingerprint density at radius 1 is 1.50 bits per heavy atom. The summed E-state index contributed by atoms with van der Waals surface area (Å²) in [5.74, 6) is 0.517. The predicted octanol–water partition coefficient (Wildman–Crippen LogP) is 1.80. The third-order valence-corrected chi connectivity index (χ3v) is 2.37. The van der Waals surface area contributed by atoms with Gasteiger partial charge in [0.05, 0.1) is 12.7 Å². The van der Waals surface area contributed by atoms with Gasteiger partial charge < -0.3 is 9.47 Å². The van der Waals surface area contributed by atoms with Crippen LogP contribution >= 0.6 is 0 Å². The summed E-state index contributed by atoms with van der Waals surface area (Å²) in [6.07, 6.45) is 0.664. The molecule has 2 rings (SSSR count). The zero-order valence-electron chi connectivity index (χ0n) is 8.24. The summed E-state index contributed by atoms with van der Waals surface area (Å²) in [6.45, 7) is 1.88. The lowest BCUT2D eigenvalue weighted by molar-refractivity contribution is 0.0298. The molecule has 1 unspecified atom stereocenters. The molecule has 0 aromatic heterocycles. The van der Waals surface area contributed by atoms with Gasteiger partial charge in [0.25, 0.3) is 0 Å². The van der Waals surface area contributed by atoms with Crippen LogP contribution < -0.4 is 4.74 Å². The lowest BCUT2D eigenvalue weighted by atomic mass is 9.98. The van der Waals surface area contributed by atoms with Gasteiger partial charge in [-0.15, -0.1) is 0 Å². The van der Waals surface area contributed by atoms with E-state index in [-0.39, 0.29) is 12.1 Å². The summed E-state index contributed by atoms with van der Waals surface area (Å²) in [5.41, 5.74) is 1.58. The molecule has 3 nitrogen and oxygen atoms in total. The van der Waals surface area contributed by atoms with Crippen molar-refractivity contribution in [2.75, 3.05) is 7.11 Å². The second kappa shape index (κ2) is 3.33. The monoisotopic (exact) mass is 192 g/mol. The van der Waals surface area contributed by atoms with Crippen molar-refractivity contribution >= 4 is 5.97 Å². The Morgan fingerprint density at radius 3 is 3.00 bits per heavy atom. The van der Waals surface area contributed by atoms with Crippen molar-refractivity contribution in [3.63, 3.8) is 0 Å². The molecule has 0 fully saturated rings. The van der Waals surface area contributed by atoms with Gasteiger partial charge in [0.15, 0.2) is 0 Å². The molecular formula is C11H12O3. The molecule has 14 heavy (non-hydrogen) atoms. The molecule has 74 valence electrons. The van der Waals surface area contributed by atoms with Crippen molar-refractivity contribution < 1.29 is 14.3 Å². The van der Waals surface area contributed by atoms with Gasteiger partial charge in [0.1, 0.15) is 11.9 Å². The SMILES string of the molecule is COc1cccc2c1CC(C)OC2=O. The summed E-state index contributed by atoms with van der Waals surface area (Å²) in [4.78, 5) is 11.5. The Hall–Kier alpha value is -1.51. The second-order valence-corrected chi connectivity index (χ2v) is 3.41. The largest absolute Gasteiger partial charge is 0.496 e. The number of carbonyl (C=O) groups is 1. The molecule has 0 bridgehead atoms. The van der Waals surface area contributed by atoms with E-state index < -0.39 is 0 Å². The van der Waals surface area contributed by atoms with Crippen molar-refractivity contribution in [1.29, 1.82) is 0 Å². The van der Waals surface area contributed by atoms with Crippen LogP contribution in [0.3, 0.4) is 0 Å². The Balaban J connectivity index is 2.52. The van der Waals surface area contributed by atoms with E-state index in [1.54, 1.807) is 19.2 Å². The van der Waals surface area contributed by atoms with Crippen molar-refractivity contribution in [3.8, 4) is 5.75 Å². The number of esters is 1. The fourth-order valence-electron chi connectivity index (χ4n) is 1.73. The molecule has 1 heterocycles. The summed E-state index contributed by atoms with van der Waals surface area (Å²) < 4.78 is 10.3. The lowest BCUT2D eigenvalue weighted by Crippen LogP contribution is -2.25. The highest BCUT2D eigenvalue weighted by Crippen LogP contribution is 2.28. The normalized spacial score (nSPS) is 19.9. The minimum Gasteiger partial charge on any atom is -0.496 e. The fraction of sp³-hybridized carbons (Fsp3) is 0.364. The molecule has 1 aromatic rings. The second-order valence-electron chi connectivity index (χ2n) is 3.41. The van der Waals surface area contributed by atoms with E-state index in [1.165, 1.54) is 0 Å². The van der Waals surface area contributed by atoms with Crippen LogP contribution in [-0.2, 0) is 11.2 Å². The molecular weight excluding hydrogens is 180 g/mol. The van der Waals surface area contributed by atoms with Crippen molar-refractivity contribution in [2.24, 2.45) is 0 Å². The smallest absolute Gasteiger partial charge is 0.338 e. The molecule has 0 saturated carbocycles. The number of carbonyl (C=O) groups excluding carboxylic acids is 1. The van der Waals surface area contributed by atoms with Gasteiger partial charge in [-0.05, 0) is 19.1 Å². The highest BCUT2D eigenvalue weighted by Gasteiger charge is 2.25. The summed E-state index contributed by atoms with van der Waals surface area (Å²) in [5, 5.41) is 0. The highest BCUT2D eigenvalue weighted by molar-refractivity contribution is 5.93. The maximum atomic E-state index is 11.5. The number of fused-ring (bicyclic) bond motifs is 1. The molecule has 0 N–H and O–H groups in total. The third-order valence-electron chi connectivity index (χ3n) is 2.37. The van der Waals surface area contributed by atoms with E-state index in [1.807, 2.05) is 13.0 Å². The average Bonchev–Trinajstić information content (AvgIpc) is 2.17. The third kappa shape index (κ3) is 1.35. The average molecular weight is 192 g/mol. The Kier molecular flexibility index (Phi) is 2.15. The minimum atomic E-state index is -0.252. The topological polar surface area (TPSA) is 35.5 Å². The molecule has 0 radical (unpaired) electrons. The lowest BCUT2D eigenvalue weighted by Gasteiger charge is -2.23. The van der Waals surface area contributed by atoms with E-state index in [0.29, 0.717) is 5.56 Å². The van der Waals surface area contributed by atoms with Crippen LogP contribution in [-0.4, -0.2) is 19.2 Å². The first-order chi connectivity index (χ1) is 6.72. The molecule has 1 aromatic carbocycles. The zero-order chi connectivity index (χ0) is 10.1. The maximum absolute atomic E-state index is 11.5. The van der Waals surface area contributed by atoms with E-state index in [4.69, 9.17) is 9.47 Å². The molecule has 3 heteroatoms. The molecule has 1 aliphatic heterocycles. The first kappa shape index (κ1) is 9.06. The molecule has 1 atom stereocenters. The van der Waals surface area contributed by atoms with Gasteiger partial charge >= 0.3 is 5.97 Å². The van der Waals surface area contributed by atoms with Gasteiger partial charge in [-0.1, -0.05) is 6.07 Å². The highest BCUT2D eigenvalue weighted by atomic mass is 16.5. The van der Waals surface area contributed by atoms with E-state index in [9.17, 15) is 4.79 Å². The summed E-state index contributed by atoms with van der Waals surface area (Å²) >= 11 is 0. The van der Waals surface area contributed by atoms with Crippen LogP contribution in [0.1, 0.15) is 22.8 Å². The van der Waals surface area contributed by atoms with Crippen LogP contribution in [0.4, 0.5) is 0 Å². The zero-order valence-corrected chi connectivity index (χ0v) is 8.24. The predicted molar refractivity (Wildman–Crippen MR) is 51.6 cm³/mol. The van der Waals surface area contributed by atoms with Crippen LogP contribution in [0.5, 0.6) is 5.75 Å². The van der Waals surface area contributed by atoms with Gasteiger partial charge in [0.2, 0.25) is 0 Å². The minimum absolute atomic E-state index is 0.0636. The number of hydrogen-bond donors (Lipinski definition) is 0. The van der Waals surface area contributed by atoms with Crippen LogP contribution in [0.25, 0.3) is 0 Å².